The Morgan fingerprint density at radius 1 is 0.611 bits per heavy atom. The van der Waals surface area contributed by atoms with Crippen LogP contribution in [0.1, 0.15) is 20.3 Å². The zero-order chi connectivity index (χ0) is 27.0. The summed E-state index contributed by atoms with van der Waals surface area (Å²) in [5.74, 6) is -24.7. The predicted octanol–water partition coefficient (Wildman–Crippen LogP) is 5.34. The van der Waals surface area contributed by atoms with Crippen molar-refractivity contribution in [3.8, 4) is 0 Å². The van der Waals surface area contributed by atoms with Gasteiger partial charge in [-0.05, 0) is 23.0 Å². The summed E-state index contributed by atoms with van der Waals surface area (Å²) in [6, 6.07) is 0. The summed E-state index contributed by atoms with van der Waals surface area (Å²) in [6.07, 6.45) is 2.88. The van der Waals surface area contributed by atoms with E-state index in [0.29, 0.717) is 23.3 Å². The van der Waals surface area contributed by atoms with E-state index in [0.717, 1.165) is 0 Å². The minimum Gasteiger partial charge on any atom is -0.380 e. The molecule has 2 aliphatic carbocycles. The van der Waals surface area contributed by atoms with Crippen molar-refractivity contribution in [2.45, 2.75) is 20.3 Å². The monoisotopic (exact) mass is 519 g/mol. The summed E-state index contributed by atoms with van der Waals surface area (Å²) in [5, 5.41) is 0. The Morgan fingerprint density at radius 3 is 1.33 bits per heavy atom. The van der Waals surface area contributed by atoms with Crippen LogP contribution in [0.4, 0.5) is 43.9 Å². The molecule has 2 aromatic carbocycles. The Morgan fingerprint density at radius 2 is 0.972 bits per heavy atom. The van der Waals surface area contributed by atoms with Crippen LogP contribution in [0.5, 0.6) is 0 Å². The fourth-order valence-corrected chi connectivity index (χ4v) is 4.73. The van der Waals surface area contributed by atoms with Crippen LogP contribution in [-0.2, 0) is 0 Å². The first-order valence-electron chi connectivity index (χ1n) is 10.5. The molecule has 0 amide bonds. The summed E-state index contributed by atoms with van der Waals surface area (Å²) in [4.78, 5) is 1.70. The van der Waals surface area contributed by atoms with E-state index in [4.69, 9.17) is 0 Å². The van der Waals surface area contributed by atoms with Crippen molar-refractivity contribution in [3.63, 3.8) is 0 Å². The van der Waals surface area contributed by atoms with Crippen molar-refractivity contribution in [1.29, 1.82) is 0 Å². The molecular formula is C24H16BF10N. The topological polar surface area (TPSA) is 3.24 Å². The van der Waals surface area contributed by atoms with Crippen LogP contribution in [0.3, 0.4) is 0 Å². The summed E-state index contributed by atoms with van der Waals surface area (Å²) in [5.41, 5.74) is -2.93. The number of fused-ring (bicyclic) bond motifs is 1. The third-order valence-electron chi connectivity index (χ3n) is 6.50. The zero-order valence-corrected chi connectivity index (χ0v) is 19.2. The standard InChI is InChI=1S/C24H16BF10N/c1-24(2)7-11(36(3)4)9-5-8(6-10(9)24)25(12-14(26)18(30)22(34)19(31)15(12)27)13-16(28)20(32)23(35)21(33)17(13)29/h5-6H,7H2,1-4H3. The smallest absolute Gasteiger partial charge is 0.257 e. The molecule has 2 aliphatic rings. The normalized spacial score (nSPS) is 16.4. The molecular weight excluding hydrogens is 503 g/mol. The van der Waals surface area contributed by atoms with Crippen molar-refractivity contribution in [2.75, 3.05) is 14.1 Å². The number of allylic oxidation sites excluding steroid dienone is 6. The molecule has 0 atom stereocenters. The maximum Gasteiger partial charge on any atom is 0.257 e. The maximum absolute atomic E-state index is 14.9. The summed E-state index contributed by atoms with van der Waals surface area (Å²) >= 11 is 0. The van der Waals surface area contributed by atoms with Gasteiger partial charge in [0.1, 0.15) is 0 Å². The van der Waals surface area contributed by atoms with Crippen LogP contribution in [0.15, 0.2) is 34.5 Å². The van der Waals surface area contributed by atoms with Gasteiger partial charge in [0.25, 0.3) is 6.71 Å². The van der Waals surface area contributed by atoms with Crippen LogP contribution >= 0.6 is 0 Å². The van der Waals surface area contributed by atoms with Gasteiger partial charge >= 0.3 is 0 Å². The fraction of sp³-hybridized carbons (Fsp3) is 0.250. The Labute approximate surface area is 199 Å². The van der Waals surface area contributed by atoms with E-state index in [2.05, 4.69) is 0 Å². The highest BCUT2D eigenvalue weighted by atomic mass is 19.2. The van der Waals surface area contributed by atoms with Crippen LogP contribution < -0.4 is 10.9 Å². The SMILES string of the molecule is CN(C)C1=C2C=C(B(c3c(F)c(F)c(F)c(F)c3F)c3c(F)c(F)c(F)c(F)c3F)C=C2C(C)(C)C1. The van der Waals surface area contributed by atoms with Gasteiger partial charge in [-0.3, -0.25) is 0 Å². The second-order valence-corrected chi connectivity index (χ2v) is 9.42. The highest BCUT2D eigenvalue weighted by Gasteiger charge is 2.45. The molecule has 0 heterocycles. The van der Waals surface area contributed by atoms with Gasteiger partial charge in [0.15, 0.2) is 58.2 Å². The van der Waals surface area contributed by atoms with Crippen LogP contribution in [0.2, 0.25) is 0 Å². The molecule has 0 spiro atoms. The molecule has 0 unspecified atom stereocenters. The molecule has 0 aromatic heterocycles. The van der Waals surface area contributed by atoms with Gasteiger partial charge in [-0.25, -0.2) is 43.9 Å². The van der Waals surface area contributed by atoms with Gasteiger partial charge in [0, 0.05) is 30.7 Å². The molecule has 0 fully saturated rings. The van der Waals surface area contributed by atoms with Crippen molar-refractivity contribution in [1.82, 2.24) is 4.90 Å². The van der Waals surface area contributed by atoms with Gasteiger partial charge < -0.3 is 4.90 Å². The number of rotatable bonds is 4. The predicted molar refractivity (Wildman–Crippen MR) is 113 cm³/mol. The third-order valence-corrected chi connectivity index (χ3v) is 6.50. The highest BCUT2D eigenvalue weighted by Crippen LogP contribution is 2.50. The Kier molecular flexibility index (Phi) is 6.08. The Bertz CT molecular complexity index is 1290. The fourth-order valence-electron chi connectivity index (χ4n) is 4.73. The van der Waals surface area contributed by atoms with E-state index >= 15 is 0 Å². The summed E-state index contributed by atoms with van der Waals surface area (Å²) in [7, 11) is 3.36. The molecule has 0 saturated carbocycles. The zero-order valence-electron chi connectivity index (χ0n) is 19.2. The Hall–Kier alpha value is -3.18. The molecule has 0 aliphatic heterocycles. The van der Waals surface area contributed by atoms with Crippen molar-refractivity contribution < 1.29 is 43.9 Å². The molecule has 0 saturated heterocycles. The molecule has 1 nitrogen and oxygen atoms in total. The van der Waals surface area contributed by atoms with Crippen molar-refractivity contribution >= 4 is 17.6 Å². The average molecular weight is 519 g/mol. The molecule has 12 heteroatoms. The lowest BCUT2D eigenvalue weighted by Crippen LogP contribution is -2.52. The number of nitrogens with zero attached hydrogens (tertiary/aromatic N) is 1. The van der Waals surface area contributed by atoms with Gasteiger partial charge in [-0.15, -0.1) is 0 Å². The maximum atomic E-state index is 14.9. The lowest BCUT2D eigenvalue weighted by Gasteiger charge is -2.23. The van der Waals surface area contributed by atoms with Gasteiger partial charge in [-0.2, -0.15) is 0 Å². The highest BCUT2D eigenvalue weighted by molar-refractivity contribution is 6.91. The van der Waals surface area contributed by atoms with E-state index in [1.165, 1.54) is 12.2 Å². The van der Waals surface area contributed by atoms with Crippen LogP contribution in [0.25, 0.3) is 0 Å². The molecule has 190 valence electrons. The molecule has 4 rings (SSSR count). The van der Waals surface area contributed by atoms with Crippen molar-refractivity contribution in [2.24, 2.45) is 5.41 Å². The van der Waals surface area contributed by atoms with Crippen LogP contribution in [-0.4, -0.2) is 25.7 Å². The van der Waals surface area contributed by atoms with Gasteiger partial charge in [0.05, 0.1) is 0 Å². The first-order chi connectivity index (χ1) is 16.6. The van der Waals surface area contributed by atoms with Crippen molar-refractivity contribution in [3.05, 3.63) is 92.6 Å². The van der Waals surface area contributed by atoms with Crippen LogP contribution in [0, 0.1) is 63.6 Å². The number of hydrogen-bond donors (Lipinski definition) is 0. The van der Waals surface area contributed by atoms with E-state index in [-0.39, 0.29) is 0 Å². The number of hydrogen-bond acceptors (Lipinski definition) is 1. The van der Waals surface area contributed by atoms with Gasteiger partial charge in [0.2, 0.25) is 0 Å². The number of benzene rings is 2. The minimum atomic E-state index is -2.57. The van der Waals surface area contributed by atoms with E-state index in [1.807, 2.05) is 0 Å². The lowest BCUT2D eigenvalue weighted by molar-refractivity contribution is 0.382. The van der Waals surface area contributed by atoms with E-state index in [9.17, 15) is 43.9 Å². The summed E-state index contributed by atoms with van der Waals surface area (Å²) in [6.45, 7) is 0.986. The molecule has 0 bridgehead atoms. The van der Waals surface area contributed by atoms with E-state index < -0.39 is 86.7 Å². The largest absolute Gasteiger partial charge is 0.380 e. The second-order valence-electron chi connectivity index (χ2n) is 9.42. The molecule has 0 N–H and O–H groups in total. The molecule has 0 radical (unpaired) electrons. The lowest BCUT2D eigenvalue weighted by atomic mass is 9.35. The second kappa shape index (κ2) is 8.45. The van der Waals surface area contributed by atoms with E-state index in [1.54, 1.807) is 32.8 Å². The van der Waals surface area contributed by atoms with Gasteiger partial charge in [-0.1, -0.05) is 31.5 Å². The first-order valence-corrected chi connectivity index (χ1v) is 10.5. The molecule has 2 aromatic rings. The minimum absolute atomic E-state index is 0.418. The number of halogens is 10. The Balaban J connectivity index is 2.14. The quantitative estimate of drug-likeness (QED) is 0.228. The molecule has 36 heavy (non-hydrogen) atoms. The summed E-state index contributed by atoms with van der Waals surface area (Å²) < 4.78 is 143. The first kappa shape index (κ1) is 25.9. The average Bonchev–Trinajstić information content (AvgIpc) is 3.36. The third kappa shape index (κ3) is 3.55.